The maximum atomic E-state index is 13.7. The summed E-state index contributed by atoms with van der Waals surface area (Å²) in [4.78, 5) is 12.8. The lowest BCUT2D eigenvalue weighted by Crippen LogP contribution is -2.33. The molecule has 3 nitrogen and oxygen atoms in total. The topological polar surface area (TPSA) is 40.5 Å². The van der Waals surface area contributed by atoms with Crippen LogP contribution in [-0.2, 0) is 11.3 Å². The first-order valence-electron chi connectivity index (χ1n) is 6.92. The van der Waals surface area contributed by atoms with E-state index in [4.69, 9.17) is 5.11 Å². The zero-order valence-corrected chi connectivity index (χ0v) is 12.9. The number of aliphatic carboxylic acids is 1. The van der Waals surface area contributed by atoms with Crippen LogP contribution < -0.4 is 0 Å². The smallest absolute Gasteiger partial charge is 0.303 e. The van der Waals surface area contributed by atoms with Gasteiger partial charge >= 0.3 is 5.97 Å². The summed E-state index contributed by atoms with van der Waals surface area (Å²) in [6, 6.07) is 5.02. The number of rotatable bonds is 5. The van der Waals surface area contributed by atoms with Crippen LogP contribution in [0.5, 0.6) is 0 Å². The molecule has 1 heterocycles. The molecule has 5 heteroatoms. The first-order valence-corrected chi connectivity index (χ1v) is 7.72. The molecule has 1 N–H and O–H groups in total. The number of carboxylic acids is 1. The van der Waals surface area contributed by atoms with Gasteiger partial charge in [-0.2, -0.15) is 0 Å². The van der Waals surface area contributed by atoms with Crippen LogP contribution >= 0.6 is 15.9 Å². The third-order valence-electron chi connectivity index (χ3n) is 3.88. The van der Waals surface area contributed by atoms with Gasteiger partial charge in [0.25, 0.3) is 0 Å². The van der Waals surface area contributed by atoms with Gasteiger partial charge in [0.05, 0.1) is 0 Å². The van der Waals surface area contributed by atoms with Crippen LogP contribution in [0.3, 0.4) is 0 Å². The highest BCUT2D eigenvalue weighted by Crippen LogP contribution is 2.24. The van der Waals surface area contributed by atoms with Gasteiger partial charge in [0.2, 0.25) is 0 Å². The standard InChI is InChI=1S/C15H19BrFNO2/c16-13-2-3-14(17)12(9-13)10-18-7-5-11(6-8-18)1-4-15(19)20/h2-3,9,11H,1,4-8,10H2,(H,19,20). The minimum Gasteiger partial charge on any atom is -0.481 e. The zero-order chi connectivity index (χ0) is 14.5. The number of hydrogen-bond donors (Lipinski definition) is 1. The molecule has 0 aromatic heterocycles. The summed E-state index contributed by atoms with van der Waals surface area (Å²) in [5, 5.41) is 8.69. The van der Waals surface area contributed by atoms with E-state index in [9.17, 15) is 9.18 Å². The Labute approximate surface area is 126 Å². The van der Waals surface area contributed by atoms with E-state index in [0.29, 0.717) is 18.0 Å². The summed E-state index contributed by atoms with van der Waals surface area (Å²) in [5.41, 5.74) is 0.711. The Morgan fingerprint density at radius 1 is 1.40 bits per heavy atom. The van der Waals surface area contributed by atoms with Gasteiger partial charge in [-0.05, 0) is 56.5 Å². The molecule has 0 amide bonds. The predicted molar refractivity (Wildman–Crippen MR) is 79.0 cm³/mol. The molecule has 1 fully saturated rings. The van der Waals surface area contributed by atoms with E-state index in [1.165, 1.54) is 6.07 Å². The maximum absolute atomic E-state index is 13.7. The second kappa shape index (κ2) is 7.18. The van der Waals surface area contributed by atoms with Gasteiger partial charge in [0.15, 0.2) is 0 Å². The van der Waals surface area contributed by atoms with E-state index in [-0.39, 0.29) is 12.2 Å². The first kappa shape index (κ1) is 15.4. The highest BCUT2D eigenvalue weighted by molar-refractivity contribution is 9.10. The van der Waals surface area contributed by atoms with Crippen molar-refractivity contribution in [1.82, 2.24) is 4.90 Å². The molecule has 2 rings (SSSR count). The summed E-state index contributed by atoms with van der Waals surface area (Å²) in [7, 11) is 0. The monoisotopic (exact) mass is 343 g/mol. The normalized spacial score (nSPS) is 17.3. The van der Waals surface area contributed by atoms with E-state index in [1.807, 2.05) is 6.07 Å². The molecule has 1 saturated heterocycles. The van der Waals surface area contributed by atoms with Crippen LogP contribution in [0, 0.1) is 11.7 Å². The second-order valence-electron chi connectivity index (χ2n) is 5.39. The molecule has 0 spiro atoms. The average Bonchev–Trinajstić information content (AvgIpc) is 2.42. The quantitative estimate of drug-likeness (QED) is 0.886. The van der Waals surface area contributed by atoms with E-state index in [1.54, 1.807) is 6.07 Å². The molecule has 20 heavy (non-hydrogen) atoms. The summed E-state index contributed by atoms with van der Waals surface area (Å²) in [6.07, 6.45) is 3.02. The summed E-state index contributed by atoms with van der Waals surface area (Å²) in [5.74, 6) is -0.389. The minimum absolute atomic E-state index is 0.166. The Balaban J connectivity index is 1.82. The molecule has 0 atom stereocenters. The lowest BCUT2D eigenvalue weighted by atomic mass is 9.92. The van der Waals surface area contributed by atoms with Crippen LogP contribution in [0.25, 0.3) is 0 Å². The number of hydrogen-bond acceptors (Lipinski definition) is 2. The molecular weight excluding hydrogens is 325 g/mol. The van der Waals surface area contributed by atoms with Crippen molar-refractivity contribution < 1.29 is 14.3 Å². The van der Waals surface area contributed by atoms with E-state index >= 15 is 0 Å². The Hall–Kier alpha value is -0.940. The molecule has 0 saturated carbocycles. The van der Waals surface area contributed by atoms with E-state index in [0.717, 1.165) is 36.8 Å². The summed E-state index contributed by atoms with van der Waals surface area (Å²) < 4.78 is 14.6. The van der Waals surface area contributed by atoms with Crippen molar-refractivity contribution >= 4 is 21.9 Å². The molecule has 1 aromatic rings. The van der Waals surface area contributed by atoms with Crippen LogP contribution in [0.1, 0.15) is 31.2 Å². The van der Waals surface area contributed by atoms with Gasteiger partial charge < -0.3 is 5.11 Å². The van der Waals surface area contributed by atoms with Gasteiger partial charge in [0, 0.05) is 23.0 Å². The minimum atomic E-state index is -0.719. The van der Waals surface area contributed by atoms with Crippen molar-refractivity contribution in [3.63, 3.8) is 0 Å². The highest BCUT2D eigenvalue weighted by Gasteiger charge is 2.20. The Morgan fingerprint density at radius 2 is 2.10 bits per heavy atom. The number of piperidine rings is 1. The zero-order valence-electron chi connectivity index (χ0n) is 11.3. The lowest BCUT2D eigenvalue weighted by molar-refractivity contribution is -0.137. The van der Waals surface area contributed by atoms with Crippen molar-refractivity contribution in [2.75, 3.05) is 13.1 Å². The Kier molecular flexibility index (Phi) is 5.54. The van der Waals surface area contributed by atoms with Gasteiger partial charge in [0.1, 0.15) is 5.82 Å². The second-order valence-corrected chi connectivity index (χ2v) is 6.30. The van der Waals surface area contributed by atoms with Gasteiger partial charge in [-0.25, -0.2) is 4.39 Å². The largest absolute Gasteiger partial charge is 0.481 e. The molecule has 0 unspecified atom stereocenters. The van der Waals surface area contributed by atoms with Gasteiger partial charge in [-0.3, -0.25) is 9.69 Å². The molecule has 0 bridgehead atoms. The fraction of sp³-hybridized carbons (Fsp3) is 0.533. The number of carboxylic acid groups (broad SMARTS) is 1. The van der Waals surface area contributed by atoms with Gasteiger partial charge in [-0.1, -0.05) is 15.9 Å². The predicted octanol–water partition coefficient (Wildman–Crippen LogP) is 3.67. The number of halogens is 2. The van der Waals surface area contributed by atoms with Crippen molar-refractivity contribution in [2.24, 2.45) is 5.92 Å². The van der Waals surface area contributed by atoms with Crippen molar-refractivity contribution in [3.8, 4) is 0 Å². The molecule has 1 aliphatic heterocycles. The third kappa shape index (κ3) is 4.56. The van der Waals surface area contributed by atoms with Crippen LogP contribution in [-0.4, -0.2) is 29.1 Å². The fourth-order valence-corrected chi connectivity index (χ4v) is 3.07. The average molecular weight is 344 g/mol. The first-order chi connectivity index (χ1) is 9.54. The lowest BCUT2D eigenvalue weighted by Gasteiger charge is -2.31. The third-order valence-corrected chi connectivity index (χ3v) is 4.37. The molecule has 0 aliphatic carbocycles. The molecular formula is C15H19BrFNO2. The SMILES string of the molecule is O=C(O)CCC1CCN(Cc2cc(Br)ccc2F)CC1. The van der Waals surface area contributed by atoms with Crippen molar-refractivity contribution in [1.29, 1.82) is 0 Å². The number of nitrogens with zero attached hydrogens (tertiary/aromatic N) is 1. The maximum Gasteiger partial charge on any atom is 0.303 e. The van der Waals surface area contributed by atoms with E-state index < -0.39 is 5.97 Å². The van der Waals surface area contributed by atoms with Crippen LogP contribution in [0.15, 0.2) is 22.7 Å². The van der Waals surface area contributed by atoms with Crippen LogP contribution in [0.4, 0.5) is 4.39 Å². The van der Waals surface area contributed by atoms with E-state index in [2.05, 4.69) is 20.8 Å². The fourth-order valence-electron chi connectivity index (χ4n) is 2.67. The highest BCUT2D eigenvalue weighted by atomic mass is 79.9. The Bertz CT molecular complexity index is 473. The van der Waals surface area contributed by atoms with Crippen molar-refractivity contribution in [3.05, 3.63) is 34.1 Å². The van der Waals surface area contributed by atoms with Gasteiger partial charge in [-0.15, -0.1) is 0 Å². The molecule has 1 aromatic carbocycles. The van der Waals surface area contributed by atoms with Crippen LogP contribution in [0.2, 0.25) is 0 Å². The summed E-state index contributed by atoms with van der Waals surface area (Å²) in [6.45, 7) is 2.45. The number of carbonyl (C=O) groups is 1. The summed E-state index contributed by atoms with van der Waals surface area (Å²) >= 11 is 3.36. The molecule has 110 valence electrons. The molecule has 0 radical (unpaired) electrons. The molecule has 1 aliphatic rings. The Morgan fingerprint density at radius 3 is 2.75 bits per heavy atom. The number of likely N-dealkylation sites (tertiary alicyclic amines) is 1. The van der Waals surface area contributed by atoms with Crippen molar-refractivity contribution in [2.45, 2.75) is 32.2 Å². The number of benzene rings is 1.